The van der Waals surface area contributed by atoms with Gasteiger partial charge in [-0.25, -0.2) is 0 Å². The van der Waals surface area contributed by atoms with Gasteiger partial charge in [-0.2, -0.15) is 4.98 Å². The lowest BCUT2D eigenvalue weighted by Gasteiger charge is -2.02. The molecule has 0 amide bonds. The largest absolute Gasteiger partial charge is 0.494 e. The van der Waals surface area contributed by atoms with Crippen LogP contribution in [0.4, 0.5) is 5.69 Å². The Labute approximate surface area is 128 Å². The summed E-state index contributed by atoms with van der Waals surface area (Å²) in [5.41, 5.74) is 9.33. The highest BCUT2D eigenvalue weighted by Crippen LogP contribution is 2.26. The summed E-state index contributed by atoms with van der Waals surface area (Å²) in [5.74, 6) is 1.81. The molecule has 22 heavy (non-hydrogen) atoms. The van der Waals surface area contributed by atoms with Gasteiger partial charge in [-0.15, -0.1) is 0 Å². The molecule has 0 radical (unpaired) electrons. The smallest absolute Gasteiger partial charge is 0.258 e. The van der Waals surface area contributed by atoms with E-state index in [4.69, 9.17) is 15.0 Å². The van der Waals surface area contributed by atoms with Crippen LogP contribution in [0.25, 0.3) is 22.8 Å². The maximum atomic E-state index is 5.92. The minimum atomic E-state index is 0.454. The number of hydrogen-bond acceptors (Lipinski definition) is 5. The van der Waals surface area contributed by atoms with Crippen molar-refractivity contribution < 1.29 is 9.26 Å². The molecule has 1 aromatic heterocycles. The van der Waals surface area contributed by atoms with Crippen LogP contribution in [-0.4, -0.2) is 16.7 Å². The van der Waals surface area contributed by atoms with Crippen LogP contribution in [0.3, 0.4) is 0 Å². The van der Waals surface area contributed by atoms with Crippen LogP contribution < -0.4 is 10.5 Å². The molecule has 2 N–H and O–H groups in total. The molecule has 0 aliphatic rings. The van der Waals surface area contributed by atoms with Crippen molar-refractivity contribution in [1.82, 2.24) is 10.1 Å². The zero-order valence-corrected chi connectivity index (χ0v) is 12.5. The highest BCUT2D eigenvalue weighted by molar-refractivity contribution is 5.65. The lowest BCUT2D eigenvalue weighted by molar-refractivity contribution is 0.340. The van der Waals surface area contributed by atoms with Crippen molar-refractivity contribution in [2.45, 2.75) is 13.8 Å². The predicted molar refractivity (Wildman–Crippen MR) is 85.5 cm³/mol. The van der Waals surface area contributed by atoms with E-state index in [-0.39, 0.29) is 0 Å². The van der Waals surface area contributed by atoms with Crippen LogP contribution >= 0.6 is 0 Å². The Balaban J connectivity index is 1.88. The Kier molecular flexibility index (Phi) is 3.78. The number of ether oxygens (including phenoxy) is 1. The number of benzene rings is 2. The van der Waals surface area contributed by atoms with Crippen LogP contribution in [0, 0.1) is 6.92 Å². The summed E-state index contributed by atoms with van der Waals surface area (Å²) in [7, 11) is 0. The molecule has 0 atom stereocenters. The van der Waals surface area contributed by atoms with Gasteiger partial charge in [0, 0.05) is 16.8 Å². The van der Waals surface area contributed by atoms with E-state index in [0.717, 1.165) is 22.4 Å². The monoisotopic (exact) mass is 295 g/mol. The zero-order chi connectivity index (χ0) is 15.5. The van der Waals surface area contributed by atoms with Gasteiger partial charge in [0.15, 0.2) is 0 Å². The summed E-state index contributed by atoms with van der Waals surface area (Å²) in [6, 6.07) is 13.3. The molecule has 0 fully saturated rings. The fourth-order valence-electron chi connectivity index (χ4n) is 2.10. The highest BCUT2D eigenvalue weighted by atomic mass is 16.5. The van der Waals surface area contributed by atoms with Crippen molar-refractivity contribution in [2.75, 3.05) is 12.3 Å². The van der Waals surface area contributed by atoms with Gasteiger partial charge in [-0.05, 0) is 55.8 Å². The number of hydrogen-bond donors (Lipinski definition) is 1. The zero-order valence-electron chi connectivity index (χ0n) is 12.5. The molecule has 3 rings (SSSR count). The van der Waals surface area contributed by atoms with E-state index in [1.807, 2.05) is 56.3 Å². The summed E-state index contributed by atoms with van der Waals surface area (Å²) < 4.78 is 10.7. The summed E-state index contributed by atoms with van der Waals surface area (Å²) in [4.78, 5) is 4.42. The molecular weight excluding hydrogens is 278 g/mol. The molecule has 0 bridgehead atoms. The Morgan fingerprint density at radius 1 is 1.09 bits per heavy atom. The number of aromatic nitrogens is 2. The van der Waals surface area contributed by atoms with E-state index in [9.17, 15) is 0 Å². The van der Waals surface area contributed by atoms with Crippen molar-refractivity contribution in [3.05, 3.63) is 48.0 Å². The van der Waals surface area contributed by atoms with E-state index in [1.54, 1.807) is 0 Å². The van der Waals surface area contributed by atoms with Gasteiger partial charge in [0.25, 0.3) is 5.89 Å². The Morgan fingerprint density at radius 3 is 2.50 bits per heavy atom. The Bertz CT molecular complexity index is 779. The standard InChI is InChI=1S/C17H17N3O2/c1-3-21-14-8-6-12(7-9-14)16-19-17(22-20-16)13-5-4-11(2)15(18)10-13/h4-10H,3,18H2,1-2H3. The van der Waals surface area contributed by atoms with Crippen LogP contribution in [0.2, 0.25) is 0 Å². The van der Waals surface area contributed by atoms with Crippen LogP contribution in [0.5, 0.6) is 5.75 Å². The number of anilines is 1. The average Bonchev–Trinajstić information content (AvgIpc) is 3.01. The second-order valence-electron chi connectivity index (χ2n) is 4.95. The maximum absolute atomic E-state index is 5.92. The van der Waals surface area contributed by atoms with Crippen LogP contribution in [0.1, 0.15) is 12.5 Å². The first-order valence-corrected chi connectivity index (χ1v) is 7.11. The molecular formula is C17H17N3O2. The molecule has 0 aliphatic carbocycles. The highest BCUT2D eigenvalue weighted by Gasteiger charge is 2.11. The first-order valence-electron chi connectivity index (χ1n) is 7.11. The summed E-state index contributed by atoms with van der Waals surface area (Å²) in [6.07, 6.45) is 0. The molecule has 1 heterocycles. The number of nitrogens with two attached hydrogens (primary N) is 1. The van der Waals surface area contributed by atoms with Crippen molar-refractivity contribution in [1.29, 1.82) is 0 Å². The quantitative estimate of drug-likeness (QED) is 0.743. The number of nitrogens with zero attached hydrogens (tertiary/aromatic N) is 2. The summed E-state index contributed by atoms with van der Waals surface area (Å²) in [5, 5.41) is 4.02. The van der Waals surface area contributed by atoms with Crippen molar-refractivity contribution in [3.63, 3.8) is 0 Å². The average molecular weight is 295 g/mol. The van der Waals surface area contributed by atoms with Crippen molar-refractivity contribution in [2.24, 2.45) is 0 Å². The second-order valence-corrected chi connectivity index (χ2v) is 4.95. The SMILES string of the molecule is CCOc1ccc(-c2noc(-c3ccc(C)c(N)c3)n2)cc1. The van der Waals surface area contributed by atoms with E-state index < -0.39 is 0 Å². The van der Waals surface area contributed by atoms with Crippen LogP contribution in [-0.2, 0) is 0 Å². The van der Waals surface area contributed by atoms with E-state index in [1.165, 1.54) is 0 Å². The molecule has 0 aliphatic heterocycles. The van der Waals surface area contributed by atoms with Crippen LogP contribution in [0.15, 0.2) is 47.0 Å². The van der Waals surface area contributed by atoms with Gasteiger partial charge in [0.05, 0.1) is 6.61 Å². The number of rotatable bonds is 4. The lowest BCUT2D eigenvalue weighted by Crippen LogP contribution is -1.91. The second kappa shape index (κ2) is 5.89. The molecule has 3 aromatic rings. The van der Waals surface area contributed by atoms with Gasteiger partial charge in [-0.1, -0.05) is 11.2 Å². The first kappa shape index (κ1) is 14.1. The molecule has 0 saturated carbocycles. The van der Waals surface area contributed by atoms with Gasteiger partial charge < -0.3 is 15.0 Å². The predicted octanol–water partition coefficient (Wildman–Crippen LogP) is 3.69. The number of nitrogen functional groups attached to an aromatic ring is 1. The molecule has 0 saturated heterocycles. The molecule has 5 nitrogen and oxygen atoms in total. The fourth-order valence-corrected chi connectivity index (χ4v) is 2.10. The van der Waals surface area contributed by atoms with E-state index in [2.05, 4.69) is 10.1 Å². The Hall–Kier alpha value is -2.82. The van der Waals surface area contributed by atoms with E-state index >= 15 is 0 Å². The Morgan fingerprint density at radius 2 is 1.82 bits per heavy atom. The molecule has 112 valence electrons. The summed E-state index contributed by atoms with van der Waals surface area (Å²) in [6.45, 7) is 4.55. The van der Waals surface area contributed by atoms with E-state index in [0.29, 0.717) is 24.0 Å². The third kappa shape index (κ3) is 2.79. The summed E-state index contributed by atoms with van der Waals surface area (Å²) >= 11 is 0. The maximum Gasteiger partial charge on any atom is 0.258 e. The normalized spacial score (nSPS) is 10.6. The fraction of sp³-hybridized carbons (Fsp3) is 0.176. The topological polar surface area (TPSA) is 74.2 Å². The van der Waals surface area contributed by atoms with Gasteiger partial charge in [0.1, 0.15) is 5.75 Å². The minimum Gasteiger partial charge on any atom is -0.494 e. The van der Waals surface area contributed by atoms with Gasteiger partial charge in [-0.3, -0.25) is 0 Å². The molecule has 5 heteroatoms. The number of aryl methyl sites for hydroxylation is 1. The third-order valence-corrected chi connectivity index (χ3v) is 3.38. The van der Waals surface area contributed by atoms with Gasteiger partial charge >= 0.3 is 0 Å². The van der Waals surface area contributed by atoms with Crippen molar-refractivity contribution in [3.8, 4) is 28.6 Å². The lowest BCUT2D eigenvalue weighted by atomic mass is 10.1. The molecule has 0 spiro atoms. The molecule has 0 unspecified atom stereocenters. The molecule has 2 aromatic carbocycles. The van der Waals surface area contributed by atoms with Crippen molar-refractivity contribution >= 4 is 5.69 Å². The van der Waals surface area contributed by atoms with Gasteiger partial charge in [0.2, 0.25) is 5.82 Å². The third-order valence-electron chi connectivity index (χ3n) is 3.38. The minimum absolute atomic E-state index is 0.454. The first-order chi connectivity index (χ1) is 10.7.